The molecule has 18 rings (SSSR count). The van der Waals surface area contributed by atoms with Gasteiger partial charge >= 0.3 is 0 Å². The van der Waals surface area contributed by atoms with Crippen LogP contribution in [0.4, 0.5) is 0 Å². The molecule has 0 fully saturated rings. The van der Waals surface area contributed by atoms with Crippen LogP contribution >= 0.6 is 0 Å². The van der Waals surface area contributed by atoms with Crippen molar-refractivity contribution in [3.63, 3.8) is 0 Å². The predicted octanol–water partition coefficient (Wildman–Crippen LogP) is 21.0. The fraction of sp³-hybridized carbons (Fsp3) is 0.0732. The van der Waals surface area contributed by atoms with Crippen LogP contribution in [-0.2, 0) is 10.8 Å². The molecule has 0 saturated heterocycles. The molecule has 87 heavy (non-hydrogen) atoms. The topological polar surface area (TPSA) is 40.6 Å². The molecule has 0 saturated carbocycles. The molecule has 0 N–H and O–H groups in total. The van der Waals surface area contributed by atoms with Gasteiger partial charge in [0, 0.05) is 65.6 Å². The highest BCUT2D eigenvalue weighted by atomic mass is 15.2. The van der Waals surface area contributed by atoms with Crippen molar-refractivity contribution < 1.29 is 0 Å². The van der Waals surface area contributed by atoms with Crippen LogP contribution < -0.4 is 0 Å². The highest BCUT2D eigenvalue weighted by molar-refractivity contribution is 6.15. The number of hydrogen-bond acceptors (Lipinski definition) is 2. The van der Waals surface area contributed by atoms with E-state index in [1.807, 2.05) is 12.1 Å². The van der Waals surface area contributed by atoms with Crippen LogP contribution in [0.5, 0.6) is 0 Å². The summed E-state index contributed by atoms with van der Waals surface area (Å²) in [6.07, 6.45) is 0. The van der Waals surface area contributed by atoms with E-state index in [2.05, 4.69) is 302 Å². The zero-order valence-corrected chi connectivity index (χ0v) is 48.7. The summed E-state index contributed by atoms with van der Waals surface area (Å²) >= 11 is 0. The van der Waals surface area contributed by atoms with Crippen LogP contribution in [0.25, 0.3) is 150 Å². The number of rotatable bonds is 7. The Labute approximate surface area is 504 Å². The lowest BCUT2D eigenvalue weighted by molar-refractivity contribution is 0.660. The second-order valence-corrected chi connectivity index (χ2v) is 24.9. The Balaban J connectivity index is 0.803. The van der Waals surface area contributed by atoms with E-state index in [4.69, 9.17) is 9.97 Å². The van der Waals surface area contributed by atoms with E-state index in [9.17, 15) is 0 Å². The van der Waals surface area contributed by atoms with Crippen molar-refractivity contribution in [1.29, 1.82) is 0 Å². The van der Waals surface area contributed by atoms with Gasteiger partial charge in [0.05, 0.1) is 44.5 Å². The molecule has 2 aliphatic rings. The minimum Gasteiger partial charge on any atom is -0.309 e. The van der Waals surface area contributed by atoms with Gasteiger partial charge < -0.3 is 9.13 Å². The first kappa shape index (κ1) is 49.5. The van der Waals surface area contributed by atoms with E-state index in [1.54, 1.807) is 0 Å². The van der Waals surface area contributed by atoms with Gasteiger partial charge in [-0.15, -0.1) is 0 Å². The lowest BCUT2D eigenvalue weighted by Gasteiger charge is -2.22. The average Bonchev–Trinajstić information content (AvgIpc) is 1.93. The van der Waals surface area contributed by atoms with Crippen LogP contribution in [0.2, 0.25) is 0 Å². The first-order valence-corrected chi connectivity index (χ1v) is 30.3. The first-order chi connectivity index (χ1) is 42.6. The van der Waals surface area contributed by atoms with E-state index in [-0.39, 0.29) is 10.8 Å². The maximum Gasteiger partial charge on any atom is 0.235 e. The van der Waals surface area contributed by atoms with Crippen LogP contribution in [-0.4, -0.2) is 23.7 Å². The molecule has 12 aromatic carbocycles. The van der Waals surface area contributed by atoms with E-state index >= 15 is 0 Å². The molecule has 16 aromatic rings. The second-order valence-electron chi connectivity index (χ2n) is 24.9. The normalized spacial score (nSPS) is 13.7. The lowest BCUT2D eigenvalue weighted by atomic mass is 9.82. The lowest BCUT2D eigenvalue weighted by Crippen LogP contribution is -2.15. The molecular formula is C82H57N5. The van der Waals surface area contributed by atoms with Gasteiger partial charge in [-0.2, -0.15) is 0 Å². The summed E-state index contributed by atoms with van der Waals surface area (Å²) in [5.74, 6) is 0.637. The molecule has 0 amide bonds. The third kappa shape index (κ3) is 7.27. The van der Waals surface area contributed by atoms with Gasteiger partial charge in [-0.25, -0.2) is 9.97 Å². The van der Waals surface area contributed by atoms with Gasteiger partial charge in [0.1, 0.15) is 0 Å². The molecule has 2 aliphatic carbocycles. The molecule has 0 spiro atoms. The maximum absolute atomic E-state index is 5.32. The van der Waals surface area contributed by atoms with E-state index in [0.29, 0.717) is 5.95 Å². The SMILES string of the molecule is CC1(C)c2ccccc2-c2ccc(-n3c4ccccc4c4cc(-c5ccc6c(c5)c5cc(-c7ccc8c(c7)c7ccccc7n8-c7nc(-c8ccccc8)cc(-c8ccccc8)n7)ccc5n6-c5ccc6c(c5)C(C)(C)c5ccccc5-6)ccc43)cc21. The Morgan fingerprint density at radius 3 is 1.01 bits per heavy atom. The highest BCUT2D eigenvalue weighted by Crippen LogP contribution is 2.52. The molecule has 0 atom stereocenters. The van der Waals surface area contributed by atoms with Crippen LogP contribution in [0.3, 0.4) is 0 Å². The Bertz CT molecular complexity index is 5520. The van der Waals surface area contributed by atoms with E-state index in [0.717, 1.165) is 61.1 Å². The van der Waals surface area contributed by atoms with Crippen molar-refractivity contribution >= 4 is 65.4 Å². The first-order valence-electron chi connectivity index (χ1n) is 30.3. The van der Waals surface area contributed by atoms with Crippen molar-refractivity contribution in [3.05, 3.63) is 295 Å². The molecule has 0 bridgehead atoms. The van der Waals surface area contributed by atoms with Crippen molar-refractivity contribution in [2.45, 2.75) is 38.5 Å². The summed E-state index contributed by atoms with van der Waals surface area (Å²) in [7, 11) is 0. The number of nitrogens with zero attached hydrogens (tertiary/aromatic N) is 5. The number of aromatic nitrogens is 5. The molecule has 4 aromatic heterocycles. The van der Waals surface area contributed by atoms with Crippen molar-refractivity contribution in [2.24, 2.45) is 0 Å². The number of hydrogen-bond donors (Lipinski definition) is 0. The van der Waals surface area contributed by atoms with Gasteiger partial charge in [0.15, 0.2) is 0 Å². The molecule has 0 aliphatic heterocycles. The van der Waals surface area contributed by atoms with Crippen molar-refractivity contribution in [2.75, 3.05) is 0 Å². The summed E-state index contributed by atoms with van der Waals surface area (Å²) in [4.78, 5) is 10.6. The molecule has 5 heteroatoms. The van der Waals surface area contributed by atoms with Gasteiger partial charge in [-0.3, -0.25) is 4.57 Å². The number of fused-ring (bicyclic) bond motifs is 15. The largest absolute Gasteiger partial charge is 0.309 e. The quantitative estimate of drug-likeness (QED) is 0.160. The van der Waals surface area contributed by atoms with Crippen LogP contribution in [0, 0.1) is 0 Å². The third-order valence-electron chi connectivity index (χ3n) is 19.5. The van der Waals surface area contributed by atoms with Crippen molar-refractivity contribution in [3.8, 4) is 84.3 Å². The highest BCUT2D eigenvalue weighted by Gasteiger charge is 2.37. The second kappa shape index (κ2) is 18.3. The average molecular weight is 1110 g/mol. The molecule has 4 heterocycles. The molecule has 0 unspecified atom stereocenters. The maximum atomic E-state index is 5.32. The molecular weight excluding hydrogens is 1050 g/mol. The molecule has 5 nitrogen and oxygen atoms in total. The van der Waals surface area contributed by atoms with Gasteiger partial charge in [0.2, 0.25) is 5.95 Å². The monoisotopic (exact) mass is 1110 g/mol. The van der Waals surface area contributed by atoms with E-state index < -0.39 is 0 Å². The third-order valence-corrected chi connectivity index (χ3v) is 19.5. The zero-order chi connectivity index (χ0) is 57.9. The number of benzene rings is 12. The van der Waals surface area contributed by atoms with E-state index in [1.165, 1.54) is 105 Å². The summed E-state index contributed by atoms with van der Waals surface area (Å²) < 4.78 is 7.20. The molecule has 0 radical (unpaired) electrons. The fourth-order valence-electron chi connectivity index (χ4n) is 15.2. The number of para-hydroxylation sites is 2. The van der Waals surface area contributed by atoms with Gasteiger partial charge in [-0.1, -0.05) is 210 Å². The Morgan fingerprint density at radius 1 is 0.241 bits per heavy atom. The summed E-state index contributed by atoms with van der Waals surface area (Å²) in [6, 6.07) is 101. The smallest absolute Gasteiger partial charge is 0.235 e. The Morgan fingerprint density at radius 2 is 0.575 bits per heavy atom. The van der Waals surface area contributed by atoms with Gasteiger partial charge in [0.25, 0.3) is 0 Å². The summed E-state index contributed by atoms with van der Waals surface area (Å²) in [5.41, 5.74) is 28.2. The summed E-state index contributed by atoms with van der Waals surface area (Å²) in [5, 5.41) is 7.18. The minimum absolute atomic E-state index is 0.102. The predicted molar refractivity (Wildman–Crippen MR) is 362 cm³/mol. The zero-order valence-electron chi connectivity index (χ0n) is 48.7. The van der Waals surface area contributed by atoms with Crippen molar-refractivity contribution in [1.82, 2.24) is 23.7 Å². The standard InChI is InChI=1S/C82H57N5/c1-81(2)68-27-15-11-23-58(68)60-37-35-56(47-70(60)81)85-74-29-17-13-25-62(74)64-43-52(31-39-76(64)85)54-32-40-77-66(45-54)67-46-55(33-41-78(67)86(77)57-36-38-61-59-24-12-16-28-69(59)82(3,4)71(61)48-57)53-34-42-79-65(44-53)63-26-14-18-30-75(63)87(79)80-83-72(50-19-7-5-8-20-50)49-73(84-80)51-21-9-6-10-22-51/h5-49H,1-4H3. The Hall–Kier alpha value is -10.9. The fourth-order valence-corrected chi connectivity index (χ4v) is 15.2. The Kier molecular flexibility index (Phi) is 10.4. The van der Waals surface area contributed by atoms with Crippen LogP contribution in [0.15, 0.2) is 273 Å². The van der Waals surface area contributed by atoms with Gasteiger partial charge in [-0.05, 0) is 158 Å². The summed E-state index contributed by atoms with van der Waals surface area (Å²) in [6.45, 7) is 9.47. The van der Waals surface area contributed by atoms with Crippen LogP contribution in [0.1, 0.15) is 49.9 Å². The molecule has 410 valence electrons. The minimum atomic E-state index is -0.144.